The number of ether oxygens (including phenoxy) is 2. The maximum absolute atomic E-state index is 5.68. The maximum atomic E-state index is 5.68. The average molecular weight is 488 g/mol. The number of nitrogens with zero attached hydrogens (tertiary/aromatic N) is 2. The van der Waals surface area contributed by atoms with Gasteiger partial charge in [-0.1, -0.05) is 13.0 Å². The van der Waals surface area contributed by atoms with E-state index in [4.69, 9.17) is 13.9 Å². The van der Waals surface area contributed by atoms with Gasteiger partial charge in [0.25, 0.3) is 0 Å². The van der Waals surface area contributed by atoms with E-state index < -0.39 is 0 Å². The Morgan fingerprint density at radius 2 is 1.93 bits per heavy atom. The molecule has 0 fully saturated rings. The quantitative estimate of drug-likeness (QED) is 0.336. The third kappa shape index (κ3) is 6.93. The van der Waals surface area contributed by atoms with Crippen LogP contribution in [0.3, 0.4) is 0 Å². The minimum atomic E-state index is 0. The van der Waals surface area contributed by atoms with E-state index in [1.165, 1.54) is 0 Å². The first kappa shape index (κ1) is 23.1. The summed E-state index contributed by atoms with van der Waals surface area (Å²) in [6.07, 6.45) is 0.956. The molecule has 0 saturated heterocycles. The number of hydrogen-bond donors (Lipinski definition) is 2. The van der Waals surface area contributed by atoms with Crippen molar-refractivity contribution in [2.45, 2.75) is 40.3 Å². The molecular weight excluding hydrogens is 459 g/mol. The number of oxazole rings is 1. The van der Waals surface area contributed by atoms with E-state index in [-0.39, 0.29) is 24.0 Å². The van der Waals surface area contributed by atoms with E-state index in [0.29, 0.717) is 31.5 Å². The third-order valence-electron chi connectivity index (χ3n) is 3.85. The van der Waals surface area contributed by atoms with Gasteiger partial charge in [0.05, 0.1) is 26.0 Å². The zero-order chi connectivity index (χ0) is 18.9. The van der Waals surface area contributed by atoms with Crippen molar-refractivity contribution in [2.75, 3.05) is 20.8 Å². The Balaban J connectivity index is 0.00000364. The van der Waals surface area contributed by atoms with Crippen LogP contribution in [0, 0.1) is 13.8 Å². The molecule has 7 nitrogen and oxygen atoms in total. The summed E-state index contributed by atoms with van der Waals surface area (Å²) in [6, 6.07) is 5.90. The molecule has 0 spiro atoms. The first-order chi connectivity index (χ1) is 12.6. The van der Waals surface area contributed by atoms with Gasteiger partial charge >= 0.3 is 0 Å². The lowest BCUT2D eigenvalue weighted by Crippen LogP contribution is -2.36. The topological polar surface area (TPSA) is 80.9 Å². The fourth-order valence-electron chi connectivity index (χ4n) is 2.33. The van der Waals surface area contributed by atoms with Crippen LogP contribution in [0.2, 0.25) is 0 Å². The fraction of sp³-hybridized carbons (Fsp3) is 0.474. The molecule has 0 aliphatic carbocycles. The minimum Gasteiger partial charge on any atom is -0.493 e. The zero-order valence-electron chi connectivity index (χ0n) is 16.6. The summed E-state index contributed by atoms with van der Waals surface area (Å²) in [4.78, 5) is 8.57. The highest BCUT2D eigenvalue weighted by atomic mass is 127. The number of guanidine groups is 1. The molecule has 1 heterocycles. The summed E-state index contributed by atoms with van der Waals surface area (Å²) in [5, 5.41) is 6.46. The molecular formula is C19H29IN4O3. The number of rotatable bonds is 8. The van der Waals surface area contributed by atoms with Crippen molar-refractivity contribution in [3.8, 4) is 11.5 Å². The highest BCUT2D eigenvalue weighted by Gasteiger charge is 2.08. The zero-order valence-corrected chi connectivity index (χ0v) is 18.9. The molecule has 1 aromatic heterocycles. The molecule has 2 aromatic rings. The molecule has 0 amide bonds. The molecule has 0 aliphatic heterocycles. The average Bonchev–Trinajstić information content (AvgIpc) is 2.98. The normalized spacial score (nSPS) is 10.9. The molecule has 0 aliphatic rings. The Bertz CT molecular complexity index is 727. The second kappa shape index (κ2) is 11.7. The van der Waals surface area contributed by atoms with E-state index in [0.717, 1.165) is 34.9 Å². The van der Waals surface area contributed by atoms with Gasteiger partial charge in [-0.25, -0.2) is 4.98 Å². The molecule has 0 radical (unpaired) electrons. The lowest BCUT2D eigenvalue weighted by atomic mass is 10.2. The van der Waals surface area contributed by atoms with Crippen LogP contribution in [-0.4, -0.2) is 31.7 Å². The molecule has 0 saturated carbocycles. The van der Waals surface area contributed by atoms with Gasteiger partial charge in [0.1, 0.15) is 5.76 Å². The van der Waals surface area contributed by atoms with E-state index >= 15 is 0 Å². The first-order valence-electron chi connectivity index (χ1n) is 8.74. The van der Waals surface area contributed by atoms with E-state index in [9.17, 15) is 0 Å². The standard InChI is InChI=1S/C19H28N4O3.HI/c1-6-9-25-16-8-7-15(10-17(16)24-5)11-21-19(20-4)22-12-18-23-13(2)14(3)26-18;/h7-8,10H,6,9,11-12H2,1-5H3,(H2,20,21,22);1H. The number of aliphatic imine (C=N–C) groups is 1. The van der Waals surface area contributed by atoms with Crippen molar-refractivity contribution >= 4 is 29.9 Å². The van der Waals surface area contributed by atoms with Crippen LogP contribution in [-0.2, 0) is 13.1 Å². The van der Waals surface area contributed by atoms with Gasteiger partial charge in [0, 0.05) is 13.6 Å². The smallest absolute Gasteiger partial charge is 0.214 e. The van der Waals surface area contributed by atoms with Crippen LogP contribution in [0.25, 0.3) is 0 Å². The predicted octanol–water partition coefficient (Wildman–Crippen LogP) is 3.57. The lowest BCUT2D eigenvalue weighted by molar-refractivity contribution is 0.294. The molecule has 0 atom stereocenters. The summed E-state index contributed by atoms with van der Waals surface area (Å²) in [5.74, 6) is 3.63. The molecule has 8 heteroatoms. The number of aromatic nitrogens is 1. The maximum Gasteiger partial charge on any atom is 0.214 e. The van der Waals surface area contributed by atoms with Crippen molar-refractivity contribution in [1.82, 2.24) is 15.6 Å². The molecule has 0 bridgehead atoms. The number of halogens is 1. The van der Waals surface area contributed by atoms with Gasteiger partial charge in [-0.15, -0.1) is 24.0 Å². The number of hydrogen-bond acceptors (Lipinski definition) is 5. The van der Waals surface area contributed by atoms with Crippen molar-refractivity contribution in [3.63, 3.8) is 0 Å². The number of methoxy groups -OCH3 is 1. The Hall–Kier alpha value is -1.97. The summed E-state index contributed by atoms with van der Waals surface area (Å²) >= 11 is 0. The second-order valence-electron chi connectivity index (χ2n) is 5.86. The Kier molecular flexibility index (Phi) is 9.98. The van der Waals surface area contributed by atoms with Gasteiger partial charge in [0.15, 0.2) is 17.5 Å². The van der Waals surface area contributed by atoms with Gasteiger partial charge in [-0.3, -0.25) is 4.99 Å². The molecule has 2 N–H and O–H groups in total. The van der Waals surface area contributed by atoms with Crippen molar-refractivity contribution < 1.29 is 13.9 Å². The molecule has 27 heavy (non-hydrogen) atoms. The monoisotopic (exact) mass is 488 g/mol. The van der Waals surface area contributed by atoms with Crippen molar-refractivity contribution in [1.29, 1.82) is 0 Å². The highest BCUT2D eigenvalue weighted by molar-refractivity contribution is 14.0. The van der Waals surface area contributed by atoms with Crippen LogP contribution >= 0.6 is 24.0 Å². The van der Waals surface area contributed by atoms with E-state index in [1.807, 2.05) is 32.0 Å². The minimum absolute atomic E-state index is 0. The number of aryl methyl sites for hydroxylation is 2. The van der Waals surface area contributed by atoms with Crippen LogP contribution in [0.4, 0.5) is 0 Å². The van der Waals surface area contributed by atoms with Gasteiger partial charge in [-0.2, -0.15) is 0 Å². The van der Waals surface area contributed by atoms with Gasteiger partial charge in [0.2, 0.25) is 5.89 Å². The van der Waals surface area contributed by atoms with Crippen LogP contribution in [0.1, 0.15) is 36.3 Å². The molecule has 1 aromatic carbocycles. The Labute approximate surface area is 178 Å². The van der Waals surface area contributed by atoms with Crippen LogP contribution in [0.5, 0.6) is 11.5 Å². The number of benzene rings is 1. The highest BCUT2D eigenvalue weighted by Crippen LogP contribution is 2.28. The lowest BCUT2D eigenvalue weighted by Gasteiger charge is -2.13. The largest absolute Gasteiger partial charge is 0.493 e. The van der Waals surface area contributed by atoms with Crippen LogP contribution in [0.15, 0.2) is 27.6 Å². The van der Waals surface area contributed by atoms with Crippen molar-refractivity contribution in [3.05, 3.63) is 41.1 Å². The van der Waals surface area contributed by atoms with E-state index in [1.54, 1.807) is 14.2 Å². The summed E-state index contributed by atoms with van der Waals surface area (Å²) in [6.45, 7) is 7.65. The van der Waals surface area contributed by atoms with Gasteiger partial charge in [-0.05, 0) is 38.0 Å². The Morgan fingerprint density at radius 3 is 2.52 bits per heavy atom. The second-order valence-corrected chi connectivity index (χ2v) is 5.86. The van der Waals surface area contributed by atoms with Crippen LogP contribution < -0.4 is 20.1 Å². The summed E-state index contributed by atoms with van der Waals surface area (Å²) in [7, 11) is 3.37. The summed E-state index contributed by atoms with van der Waals surface area (Å²) < 4.78 is 16.7. The molecule has 150 valence electrons. The molecule has 0 unspecified atom stereocenters. The first-order valence-corrected chi connectivity index (χ1v) is 8.74. The summed E-state index contributed by atoms with van der Waals surface area (Å²) in [5.41, 5.74) is 1.97. The predicted molar refractivity (Wildman–Crippen MR) is 117 cm³/mol. The third-order valence-corrected chi connectivity index (χ3v) is 3.85. The van der Waals surface area contributed by atoms with Crippen molar-refractivity contribution in [2.24, 2.45) is 4.99 Å². The Morgan fingerprint density at radius 1 is 1.19 bits per heavy atom. The van der Waals surface area contributed by atoms with E-state index in [2.05, 4.69) is 27.5 Å². The number of nitrogens with one attached hydrogen (secondary N) is 2. The van der Waals surface area contributed by atoms with Gasteiger partial charge < -0.3 is 24.5 Å². The molecule has 2 rings (SSSR count). The SMILES string of the molecule is CCCOc1ccc(CNC(=NC)NCc2nc(C)c(C)o2)cc1OC.I. The fourth-order valence-corrected chi connectivity index (χ4v) is 2.33.